The van der Waals surface area contributed by atoms with Gasteiger partial charge in [-0.1, -0.05) is 42.5 Å². The van der Waals surface area contributed by atoms with Crippen molar-refractivity contribution >= 4 is 23.7 Å². The van der Waals surface area contributed by atoms with E-state index in [2.05, 4.69) is 58.6 Å². The molecule has 1 heterocycles. The van der Waals surface area contributed by atoms with Gasteiger partial charge in [-0.25, -0.2) is 4.98 Å². The van der Waals surface area contributed by atoms with Crippen molar-refractivity contribution in [3.63, 3.8) is 0 Å². The van der Waals surface area contributed by atoms with E-state index < -0.39 is 0 Å². The fourth-order valence-electron chi connectivity index (χ4n) is 2.39. The maximum Gasteiger partial charge on any atom is 0.0958 e. The van der Waals surface area contributed by atoms with Gasteiger partial charge in [-0.15, -0.1) is 0 Å². The van der Waals surface area contributed by atoms with Crippen molar-refractivity contribution in [3.05, 3.63) is 66.5 Å². The van der Waals surface area contributed by atoms with E-state index in [0.717, 1.165) is 17.8 Å². The van der Waals surface area contributed by atoms with Crippen LogP contribution < -0.4 is 0 Å². The highest BCUT2D eigenvalue weighted by Crippen LogP contribution is 2.21. The highest BCUT2D eigenvalue weighted by molar-refractivity contribution is 7.80. The van der Waals surface area contributed by atoms with Crippen LogP contribution in [0.5, 0.6) is 0 Å². The van der Waals surface area contributed by atoms with Gasteiger partial charge in [0.15, 0.2) is 0 Å². The molecule has 1 unspecified atom stereocenters. The van der Waals surface area contributed by atoms with Crippen molar-refractivity contribution < 1.29 is 0 Å². The van der Waals surface area contributed by atoms with E-state index in [4.69, 9.17) is 0 Å². The van der Waals surface area contributed by atoms with Crippen LogP contribution in [-0.2, 0) is 6.54 Å². The largest absolute Gasteiger partial charge is 0.330 e. The lowest BCUT2D eigenvalue weighted by molar-refractivity contribution is 0.618. The summed E-state index contributed by atoms with van der Waals surface area (Å²) in [5.74, 6) is 1.23. The number of aromatic nitrogens is 2. The number of fused-ring (bicyclic) bond motifs is 1. The normalized spacial score (nSPS) is 12.7. The highest BCUT2D eigenvalue weighted by Gasteiger charge is 2.11. The molecule has 19 heavy (non-hydrogen) atoms. The predicted octanol–water partition coefficient (Wildman–Crippen LogP) is 3.75. The van der Waals surface area contributed by atoms with Crippen LogP contribution in [0.4, 0.5) is 0 Å². The molecule has 0 aliphatic rings. The summed E-state index contributed by atoms with van der Waals surface area (Å²) in [6.07, 6.45) is 1.92. The van der Waals surface area contributed by atoms with Gasteiger partial charge in [0.05, 0.1) is 17.4 Å². The Morgan fingerprint density at radius 3 is 2.53 bits per heavy atom. The average molecular weight is 268 g/mol. The third-order valence-corrected chi connectivity index (χ3v) is 3.88. The van der Waals surface area contributed by atoms with Crippen LogP contribution in [0.1, 0.15) is 11.5 Å². The highest BCUT2D eigenvalue weighted by atomic mass is 32.1. The molecule has 1 atom stereocenters. The Hall–Kier alpha value is -1.74. The smallest absolute Gasteiger partial charge is 0.0958 e. The van der Waals surface area contributed by atoms with E-state index in [1.165, 1.54) is 11.1 Å². The van der Waals surface area contributed by atoms with E-state index >= 15 is 0 Å². The van der Waals surface area contributed by atoms with Gasteiger partial charge >= 0.3 is 0 Å². The summed E-state index contributed by atoms with van der Waals surface area (Å²) in [6, 6.07) is 18.8. The van der Waals surface area contributed by atoms with Crippen molar-refractivity contribution in [3.8, 4) is 0 Å². The van der Waals surface area contributed by atoms with Crippen molar-refractivity contribution in [2.75, 3.05) is 5.75 Å². The van der Waals surface area contributed by atoms with Crippen molar-refractivity contribution in [1.82, 2.24) is 9.55 Å². The Kier molecular flexibility index (Phi) is 3.56. The summed E-state index contributed by atoms with van der Waals surface area (Å²) >= 11 is 4.50. The van der Waals surface area contributed by atoms with Gasteiger partial charge in [0, 0.05) is 12.5 Å². The van der Waals surface area contributed by atoms with Gasteiger partial charge in [0.2, 0.25) is 0 Å². The van der Waals surface area contributed by atoms with Gasteiger partial charge in [0.1, 0.15) is 0 Å². The SMILES string of the molecule is SCC(Cn1cnc2ccccc21)c1ccccc1. The van der Waals surface area contributed by atoms with Gasteiger partial charge in [0.25, 0.3) is 0 Å². The van der Waals surface area contributed by atoms with Crippen LogP contribution in [0.15, 0.2) is 60.9 Å². The molecule has 0 N–H and O–H groups in total. The summed E-state index contributed by atoms with van der Waals surface area (Å²) in [5.41, 5.74) is 3.56. The lowest BCUT2D eigenvalue weighted by Gasteiger charge is -2.16. The van der Waals surface area contributed by atoms with Gasteiger partial charge in [-0.2, -0.15) is 12.6 Å². The molecule has 96 valence electrons. The molecule has 3 aromatic rings. The topological polar surface area (TPSA) is 17.8 Å². The number of benzene rings is 2. The van der Waals surface area contributed by atoms with Gasteiger partial charge < -0.3 is 4.57 Å². The van der Waals surface area contributed by atoms with Crippen LogP contribution in [0, 0.1) is 0 Å². The minimum absolute atomic E-state index is 0.405. The van der Waals surface area contributed by atoms with Crippen molar-refractivity contribution in [2.45, 2.75) is 12.5 Å². The third-order valence-electron chi connectivity index (χ3n) is 3.44. The average Bonchev–Trinajstić information content (AvgIpc) is 2.89. The number of hydrogen-bond donors (Lipinski definition) is 1. The van der Waals surface area contributed by atoms with Crippen LogP contribution in [0.3, 0.4) is 0 Å². The summed E-state index contributed by atoms with van der Waals surface area (Å²) < 4.78 is 2.21. The Bertz CT molecular complexity index is 661. The molecule has 2 aromatic carbocycles. The molecule has 3 heteroatoms. The fourth-order valence-corrected chi connectivity index (χ4v) is 2.71. The summed E-state index contributed by atoms with van der Waals surface area (Å²) in [7, 11) is 0. The summed E-state index contributed by atoms with van der Waals surface area (Å²) in [5, 5.41) is 0. The summed E-state index contributed by atoms with van der Waals surface area (Å²) in [6.45, 7) is 0.911. The number of imidazole rings is 1. The fraction of sp³-hybridized carbons (Fsp3) is 0.188. The number of rotatable bonds is 4. The molecule has 0 aliphatic heterocycles. The second kappa shape index (κ2) is 5.49. The molecule has 0 amide bonds. The first-order chi connectivity index (χ1) is 9.38. The zero-order chi connectivity index (χ0) is 13.1. The maximum atomic E-state index is 4.50. The Labute approximate surface area is 118 Å². The minimum Gasteiger partial charge on any atom is -0.330 e. The standard InChI is InChI=1S/C16H16N2S/c19-11-14(13-6-2-1-3-7-13)10-18-12-17-15-8-4-5-9-16(15)18/h1-9,12,14,19H,10-11H2. The molecule has 0 saturated carbocycles. The van der Waals surface area contributed by atoms with Crippen LogP contribution in [-0.4, -0.2) is 15.3 Å². The second-order valence-corrected chi connectivity index (χ2v) is 5.04. The monoisotopic (exact) mass is 268 g/mol. The van der Waals surface area contributed by atoms with Gasteiger partial charge in [-0.05, 0) is 23.4 Å². The molecular formula is C16H16N2S. The summed E-state index contributed by atoms with van der Waals surface area (Å²) in [4.78, 5) is 4.44. The first-order valence-electron chi connectivity index (χ1n) is 6.44. The Morgan fingerprint density at radius 1 is 1.00 bits per heavy atom. The zero-order valence-corrected chi connectivity index (χ0v) is 11.5. The lowest BCUT2D eigenvalue weighted by Crippen LogP contribution is -2.10. The van der Waals surface area contributed by atoms with Crippen LogP contribution in [0.25, 0.3) is 11.0 Å². The van der Waals surface area contributed by atoms with Gasteiger partial charge in [-0.3, -0.25) is 0 Å². The molecular weight excluding hydrogens is 252 g/mol. The molecule has 2 nitrogen and oxygen atoms in total. The quantitative estimate of drug-likeness (QED) is 0.713. The zero-order valence-electron chi connectivity index (χ0n) is 10.6. The molecule has 1 aromatic heterocycles. The first kappa shape index (κ1) is 12.3. The van der Waals surface area contributed by atoms with E-state index in [-0.39, 0.29) is 0 Å². The van der Waals surface area contributed by atoms with E-state index in [1.807, 2.05) is 24.5 Å². The Balaban J connectivity index is 1.91. The van der Waals surface area contributed by atoms with Crippen molar-refractivity contribution in [2.24, 2.45) is 0 Å². The maximum absolute atomic E-state index is 4.50. The molecule has 3 rings (SSSR count). The minimum atomic E-state index is 0.405. The number of thiol groups is 1. The lowest BCUT2D eigenvalue weighted by atomic mass is 10.0. The van der Waals surface area contributed by atoms with Crippen LogP contribution >= 0.6 is 12.6 Å². The molecule has 0 saturated heterocycles. The van der Waals surface area contributed by atoms with E-state index in [9.17, 15) is 0 Å². The predicted molar refractivity (Wildman–Crippen MR) is 82.8 cm³/mol. The number of nitrogens with zero attached hydrogens (tertiary/aromatic N) is 2. The molecule has 0 fully saturated rings. The number of hydrogen-bond acceptors (Lipinski definition) is 2. The van der Waals surface area contributed by atoms with Crippen LogP contribution in [0.2, 0.25) is 0 Å². The molecule has 0 aliphatic carbocycles. The van der Waals surface area contributed by atoms with E-state index in [0.29, 0.717) is 5.92 Å². The second-order valence-electron chi connectivity index (χ2n) is 4.68. The Morgan fingerprint density at radius 2 is 1.74 bits per heavy atom. The molecule has 0 bridgehead atoms. The third kappa shape index (κ3) is 2.51. The first-order valence-corrected chi connectivity index (χ1v) is 7.07. The molecule has 0 radical (unpaired) electrons. The van der Waals surface area contributed by atoms with E-state index in [1.54, 1.807) is 0 Å². The van der Waals surface area contributed by atoms with Crippen molar-refractivity contribution in [1.29, 1.82) is 0 Å². The molecule has 0 spiro atoms. The number of para-hydroxylation sites is 2.